The molecule has 0 spiro atoms. The molecule has 20 heavy (non-hydrogen) atoms. The highest BCUT2D eigenvalue weighted by molar-refractivity contribution is 6.35. The molecule has 1 aromatic rings. The van der Waals surface area contributed by atoms with Crippen LogP contribution in [0.4, 0.5) is 0 Å². The SMILES string of the molecule is CCOC(=O)CCCNC(=O)Cc1ccc(Cl)cc1Cl. The van der Waals surface area contributed by atoms with Crippen molar-refractivity contribution in [3.63, 3.8) is 0 Å². The van der Waals surface area contributed by atoms with Gasteiger partial charge in [0.25, 0.3) is 0 Å². The van der Waals surface area contributed by atoms with Crippen molar-refractivity contribution in [2.75, 3.05) is 13.2 Å². The summed E-state index contributed by atoms with van der Waals surface area (Å²) in [5.41, 5.74) is 0.721. The van der Waals surface area contributed by atoms with Crippen LogP contribution in [0.3, 0.4) is 0 Å². The number of hydrogen-bond donors (Lipinski definition) is 1. The predicted molar refractivity (Wildman–Crippen MR) is 79.0 cm³/mol. The lowest BCUT2D eigenvalue weighted by Gasteiger charge is -2.07. The van der Waals surface area contributed by atoms with Crippen molar-refractivity contribution in [2.24, 2.45) is 0 Å². The van der Waals surface area contributed by atoms with Crippen LogP contribution in [0.5, 0.6) is 0 Å². The maximum Gasteiger partial charge on any atom is 0.305 e. The van der Waals surface area contributed by atoms with Gasteiger partial charge in [0.15, 0.2) is 0 Å². The molecule has 0 fully saturated rings. The first-order valence-corrected chi connectivity index (χ1v) is 7.14. The Labute approximate surface area is 128 Å². The molecule has 1 amide bonds. The molecule has 1 rings (SSSR count). The molecule has 0 heterocycles. The van der Waals surface area contributed by atoms with E-state index in [0.717, 1.165) is 5.56 Å². The van der Waals surface area contributed by atoms with Crippen LogP contribution in [-0.2, 0) is 20.7 Å². The highest BCUT2D eigenvalue weighted by Crippen LogP contribution is 2.21. The van der Waals surface area contributed by atoms with Crippen molar-refractivity contribution in [3.8, 4) is 0 Å². The number of nitrogens with one attached hydrogen (secondary N) is 1. The zero-order valence-corrected chi connectivity index (χ0v) is 12.8. The lowest BCUT2D eigenvalue weighted by Crippen LogP contribution is -2.26. The molecule has 6 heteroatoms. The summed E-state index contributed by atoms with van der Waals surface area (Å²) in [5, 5.41) is 3.74. The molecule has 4 nitrogen and oxygen atoms in total. The average molecular weight is 318 g/mol. The zero-order chi connectivity index (χ0) is 15.0. The van der Waals surface area contributed by atoms with Gasteiger partial charge in [-0.25, -0.2) is 0 Å². The molecule has 0 aliphatic heterocycles. The predicted octanol–water partition coefficient (Wildman–Crippen LogP) is 3.00. The maximum absolute atomic E-state index is 11.7. The van der Waals surface area contributed by atoms with Crippen LogP contribution in [0.15, 0.2) is 18.2 Å². The minimum Gasteiger partial charge on any atom is -0.466 e. The van der Waals surface area contributed by atoms with Gasteiger partial charge in [-0.15, -0.1) is 0 Å². The molecule has 0 unspecified atom stereocenters. The number of benzene rings is 1. The molecule has 0 aliphatic carbocycles. The van der Waals surface area contributed by atoms with Crippen LogP contribution in [0.1, 0.15) is 25.3 Å². The topological polar surface area (TPSA) is 55.4 Å². The lowest BCUT2D eigenvalue weighted by molar-refractivity contribution is -0.143. The van der Waals surface area contributed by atoms with Crippen molar-refractivity contribution in [2.45, 2.75) is 26.2 Å². The minimum atomic E-state index is -0.248. The third kappa shape index (κ3) is 6.26. The van der Waals surface area contributed by atoms with Crippen molar-refractivity contribution in [3.05, 3.63) is 33.8 Å². The first-order chi connectivity index (χ1) is 9.52. The molecule has 1 aromatic carbocycles. The number of esters is 1. The number of ether oxygens (including phenoxy) is 1. The molecule has 0 radical (unpaired) electrons. The maximum atomic E-state index is 11.7. The molecule has 1 N–H and O–H groups in total. The summed E-state index contributed by atoms with van der Waals surface area (Å²) in [7, 11) is 0. The number of halogens is 2. The fourth-order valence-corrected chi connectivity index (χ4v) is 2.07. The molecule has 0 saturated carbocycles. The number of carbonyl (C=O) groups excluding carboxylic acids is 2. The standard InChI is InChI=1S/C14H17Cl2NO3/c1-2-20-14(19)4-3-7-17-13(18)8-10-5-6-11(15)9-12(10)16/h5-6,9H,2-4,7-8H2,1H3,(H,17,18). The van der Waals surface area contributed by atoms with Gasteiger partial charge >= 0.3 is 5.97 Å². The fourth-order valence-electron chi connectivity index (χ4n) is 1.59. The van der Waals surface area contributed by atoms with Crippen LogP contribution in [0.25, 0.3) is 0 Å². The largest absolute Gasteiger partial charge is 0.466 e. The number of hydrogen-bond acceptors (Lipinski definition) is 3. The smallest absolute Gasteiger partial charge is 0.305 e. The van der Waals surface area contributed by atoms with E-state index in [0.29, 0.717) is 36.0 Å². The van der Waals surface area contributed by atoms with E-state index in [1.54, 1.807) is 25.1 Å². The molecule has 0 saturated heterocycles. The Morgan fingerprint density at radius 3 is 2.70 bits per heavy atom. The molecule has 0 aliphatic rings. The van der Waals surface area contributed by atoms with Gasteiger partial charge in [-0.3, -0.25) is 9.59 Å². The van der Waals surface area contributed by atoms with Crippen LogP contribution in [0, 0.1) is 0 Å². The van der Waals surface area contributed by atoms with Crippen LogP contribution in [-0.4, -0.2) is 25.0 Å². The molecular weight excluding hydrogens is 301 g/mol. The van der Waals surface area contributed by atoms with Crippen LogP contribution < -0.4 is 5.32 Å². The van der Waals surface area contributed by atoms with E-state index in [2.05, 4.69) is 5.32 Å². The van der Waals surface area contributed by atoms with Crippen molar-refractivity contribution in [1.82, 2.24) is 5.32 Å². The van der Waals surface area contributed by atoms with Crippen molar-refractivity contribution >= 4 is 35.1 Å². The Bertz CT molecular complexity index is 477. The summed E-state index contributed by atoms with van der Waals surface area (Å²) >= 11 is 11.8. The summed E-state index contributed by atoms with van der Waals surface area (Å²) in [5.74, 6) is -0.388. The van der Waals surface area contributed by atoms with E-state index in [9.17, 15) is 9.59 Å². The lowest BCUT2D eigenvalue weighted by atomic mass is 10.1. The second-order valence-corrected chi connectivity index (χ2v) is 5.01. The Hall–Kier alpha value is -1.26. The molecule has 0 bridgehead atoms. The molecule has 110 valence electrons. The van der Waals surface area contributed by atoms with Gasteiger partial charge in [0.2, 0.25) is 5.91 Å². The van der Waals surface area contributed by atoms with Gasteiger partial charge < -0.3 is 10.1 Å². The Morgan fingerprint density at radius 2 is 2.05 bits per heavy atom. The van der Waals surface area contributed by atoms with Gasteiger partial charge in [0.05, 0.1) is 13.0 Å². The molecule has 0 aromatic heterocycles. The minimum absolute atomic E-state index is 0.141. The van der Waals surface area contributed by atoms with Gasteiger partial charge in [-0.1, -0.05) is 29.3 Å². The molecular formula is C14H17Cl2NO3. The number of carbonyl (C=O) groups is 2. The van der Waals surface area contributed by atoms with E-state index in [4.69, 9.17) is 27.9 Å². The summed E-state index contributed by atoms with van der Waals surface area (Å²) in [4.78, 5) is 22.8. The van der Waals surface area contributed by atoms with Crippen LogP contribution in [0.2, 0.25) is 10.0 Å². The zero-order valence-electron chi connectivity index (χ0n) is 11.2. The van der Waals surface area contributed by atoms with Crippen molar-refractivity contribution in [1.29, 1.82) is 0 Å². The van der Waals surface area contributed by atoms with Gasteiger partial charge in [0.1, 0.15) is 0 Å². The van der Waals surface area contributed by atoms with E-state index in [1.807, 2.05) is 0 Å². The second-order valence-electron chi connectivity index (χ2n) is 4.17. The number of rotatable bonds is 7. The highest BCUT2D eigenvalue weighted by Gasteiger charge is 2.08. The third-order valence-corrected chi connectivity index (χ3v) is 3.14. The van der Waals surface area contributed by atoms with Gasteiger partial charge in [-0.2, -0.15) is 0 Å². The highest BCUT2D eigenvalue weighted by atomic mass is 35.5. The van der Waals surface area contributed by atoms with Gasteiger partial charge in [0, 0.05) is 23.0 Å². The normalized spacial score (nSPS) is 10.2. The summed E-state index contributed by atoms with van der Waals surface area (Å²) in [6, 6.07) is 5.02. The van der Waals surface area contributed by atoms with Gasteiger partial charge in [-0.05, 0) is 31.0 Å². The summed E-state index contributed by atoms with van der Waals surface area (Å²) in [6.07, 6.45) is 1.05. The monoisotopic (exact) mass is 317 g/mol. The summed E-state index contributed by atoms with van der Waals surface area (Å²) in [6.45, 7) is 2.57. The van der Waals surface area contributed by atoms with E-state index in [-0.39, 0.29) is 18.3 Å². The average Bonchev–Trinajstić information content (AvgIpc) is 2.38. The Balaban J connectivity index is 2.28. The van der Waals surface area contributed by atoms with Crippen LogP contribution >= 0.6 is 23.2 Å². The summed E-state index contributed by atoms with van der Waals surface area (Å²) < 4.78 is 4.79. The first-order valence-electron chi connectivity index (χ1n) is 6.39. The van der Waals surface area contributed by atoms with E-state index < -0.39 is 0 Å². The van der Waals surface area contributed by atoms with E-state index in [1.165, 1.54) is 0 Å². The second kappa shape index (κ2) is 8.82. The fraction of sp³-hybridized carbons (Fsp3) is 0.429. The number of amides is 1. The quantitative estimate of drug-likeness (QED) is 0.621. The van der Waals surface area contributed by atoms with E-state index >= 15 is 0 Å². The Kier molecular flexibility index (Phi) is 7.41. The third-order valence-electron chi connectivity index (χ3n) is 2.55. The van der Waals surface area contributed by atoms with Crippen molar-refractivity contribution < 1.29 is 14.3 Å². The molecule has 0 atom stereocenters. The first kappa shape index (κ1) is 16.8. The Morgan fingerprint density at radius 1 is 1.30 bits per heavy atom.